The van der Waals surface area contributed by atoms with E-state index in [9.17, 15) is 14.7 Å². The van der Waals surface area contributed by atoms with Crippen molar-refractivity contribution in [1.29, 1.82) is 0 Å². The Morgan fingerprint density at radius 2 is 2.03 bits per heavy atom. The number of unbranched alkanes of at least 4 members (excludes halogenated alkanes) is 1. The van der Waals surface area contributed by atoms with Gasteiger partial charge in [0.15, 0.2) is 5.76 Å². The molecule has 3 rings (SSSR count). The number of hydrogen-bond acceptors (Lipinski definition) is 6. The average Bonchev–Trinajstić information content (AvgIpc) is 3.20. The van der Waals surface area contributed by atoms with Crippen LogP contribution in [0.4, 0.5) is 0 Å². The normalized spacial score (nSPS) is 16.5. The lowest BCUT2D eigenvalue weighted by Crippen LogP contribution is -2.32. The summed E-state index contributed by atoms with van der Waals surface area (Å²) < 4.78 is 5.75. The van der Waals surface area contributed by atoms with Crippen LogP contribution in [0.5, 0.6) is 5.75 Å². The molecule has 1 aliphatic rings. The minimum Gasteiger partial charge on any atom is -0.503 e. The predicted octanol–water partition coefficient (Wildman–Crippen LogP) is 4.93. The van der Waals surface area contributed by atoms with E-state index in [2.05, 4.69) is 4.98 Å². The molecule has 6 nitrogen and oxygen atoms in total. The minimum atomic E-state index is -0.650. The van der Waals surface area contributed by atoms with Gasteiger partial charge < -0.3 is 14.7 Å². The Kier molecular flexibility index (Phi) is 6.92. The highest BCUT2D eigenvalue weighted by molar-refractivity contribution is 7.14. The summed E-state index contributed by atoms with van der Waals surface area (Å²) in [6.07, 6.45) is 2.55. The lowest BCUT2D eigenvalue weighted by molar-refractivity contribution is -0.129. The lowest BCUT2D eigenvalue weighted by Gasteiger charge is -2.27. The molecule has 0 bridgehead atoms. The van der Waals surface area contributed by atoms with E-state index in [1.807, 2.05) is 45.0 Å². The fraction of sp³-hybridized carbons (Fsp3) is 0.435. The highest BCUT2D eigenvalue weighted by Gasteiger charge is 2.44. The molecule has 0 saturated carbocycles. The zero-order valence-corrected chi connectivity index (χ0v) is 18.7. The topological polar surface area (TPSA) is 79.7 Å². The number of ketones is 1. The summed E-state index contributed by atoms with van der Waals surface area (Å²) in [7, 11) is 0. The molecule has 2 aromatic rings. The first-order valence-corrected chi connectivity index (χ1v) is 11.2. The van der Waals surface area contributed by atoms with Crippen molar-refractivity contribution in [1.82, 2.24) is 9.88 Å². The number of carbonyl (C=O) groups is 2. The molecule has 0 spiro atoms. The smallest absolute Gasteiger partial charge is 0.290 e. The summed E-state index contributed by atoms with van der Waals surface area (Å²) in [5, 5.41) is 11.5. The number of aliphatic hydroxyl groups is 1. The standard InChI is InChI=1S/C23H28N2O4S/c1-5-7-11-25-19(16-9-8-10-17(13-16)29-12-6-2)18(21(27)23(25)28)20(26)22-14(3)24-15(4)30-22/h8-10,13,19,27H,5-7,11-12H2,1-4H3. The van der Waals surface area contributed by atoms with Crippen molar-refractivity contribution in [2.24, 2.45) is 0 Å². The number of aryl methyl sites for hydroxylation is 2. The number of amides is 1. The zero-order chi connectivity index (χ0) is 21.8. The Morgan fingerprint density at radius 3 is 2.67 bits per heavy atom. The minimum absolute atomic E-state index is 0.121. The molecule has 7 heteroatoms. The number of thiazole rings is 1. The summed E-state index contributed by atoms with van der Waals surface area (Å²) >= 11 is 1.28. The molecule has 160 valence electrons. The maximum Gasteiger partial charge on any atom is 0.290 e. The van der Waals surface area contributed by atoms with Crippen molar-refractivity contribution in [2.75, 3.05) is 13.2 Å². The second-order valence-corrected chi connectivity index (χ2v) is 8.62. The van der Waals surface area contributed by atoms with Crippen LogP contribution in [-0.2, 0) is 4.79 Å². The molecule has 1 N–H and O–H groups in total. The van der Waals surface area contributed by atoms with Gasteiger partial charge in [-0.25, -0.2) is 4.98 Å². The van der Waals surface area contributed by atoms with Gasteiger partial charge in [0.2, 0.25) is 5.78 Å². The van der Waals surface area contributed by atoms with Crippen molar-refractivity contribution in [3.63, 3.8) is 0 Å². The van der Waals surface area contributed by atoms with Gasteiger partial charge in [-0.1, -0.05) is 32.4 Å². The second kappa shape index (κ2) is 9.43. The molecule has 1 amide bonds. The first kappa shape index (κ1) is 22.0. The highest BCUT2D eigenvalue weighted by atomic mass is 32.1. The Hall–Kier alpha value is -2.67. The van der Waals surface area contributed by atoms with E-state index in [1.54, 1.807) is 11.8 Å². The van der Waals surface area contributed by atoms with Crippen LogP contribution >= 0.6 is 11.3 Å². The summed E-state index contributed by atoms with van der Waals surface area (Å²) in [4.78, 5) is 32.7. The quantitative estimate of drug-likeness (QED) is 0.573. The molecule has 1 aliphatic heterocycles. The van der Waals surface area contributed by atoms with Crippen molar-refractivity contribution in [3.8, 4) is 5.75 Å². The number of aliphatic hydroxyl groups excluding tert-OH is 1. The van der Waals surface area contributed by atoms with E-state index < -0.39 is 17.7 Å². The summed E-state index contributed by atoms with van der Waals surface area (Å²) in [6.45, 7) is 8.72. The van der Waals surface area contributed by atoms with Gasteiger partial charge in [0, 0.05) is 6.54 Å². The van der Waals surface area contributed by atoms with Gasteiger partial charge >= 0.3 is 0 Å². The molecular weight excluding hydrogens is 400 g/mol. The third-order valence-electron chi connectivity index (χ3n) is 5.06. The second-order valence-electron chi connectivity index (χ2n) is 7.41. The lowest BCUT2D eigenvalue weighted by atomic mass is 9.94. The van der Waals surface area contributed by atoms with E-state index in [4.69, 9.17) is 4.74 Å². The number of Topliss-reactive ketones (excluding diaryl/α,β-unsaturated/α-hetero) is 1. The maximum atomic E-state index is 13.4. The predicted molar refractivity (Wildman–Crippen MR) is 117 cm³/mol. The molecule has 0 radical (unpaired) electrons. The van der Waals surface area contributed by atoms with E-state index >= 15 is 0 Å². The van der Waals surface area contributed by atoms with Crippen molar-refractivity contribution >= 4 is 23.0 Å². The third-order valence-corrected chi connectivity index (χ3v) is 6.13. The average molecular weight is 429 g/mol. The van der Waals surface area contributed by atoms with Gasteiger partial charge in [-0.2, -0.15) is 0 Å². The van der Waals surface area contributed by atoms with Gasteiger partial charge in [0.05, 0.1) is 33.8 Å². The van der Waals surface area contributed by atoms with Gasteiger partial charge in [-0.15, -0.1) is 11.3 Å². The van der Waals surface area contributed by atoms with E-state index in [1.165, 1.54) is 11.3 Å². The summed E-state index contributed by atoms with van der Waals surface area (Å²) in [6, 6.07) is 6.77. The van der Waals surface area contributed by atoms with Gasteiger partial charge in [-0.3, -0.25) is 9.59 Å². The van der Waals surface area contributed by atoms with Crippen LogP contribution in [0.25, 0.3) is 0 Å². The van der Waals surface area contributed by atoms with Crippen LogP contribution in [0.15, 0.2) is 35.6 Å². The van der Waals surface area contributed by atoms with Crippen LogP contribution < -0.4 is 4.74 Å². The number of aromatic nitrogens is 1. The number of nitrogens with zero attached hydrogens (tertiary/aromatic N) is 2. The van der Waals surface area contributed by atoms with E-state index in [0.29, 0.717) is 29.5 Å². The van der Waals surface area contributed by atoms with Crippen molar-refractivity contribution in [2.45, 2.75) is 53.0 Å². The number of benzene rings is 1. The van der Waals surface area contributed by atoms with Crippen LogP contribution in [0.1, 0.15) is 65.1 Å². The van der Waals surface area contributed by atoms with Crippen LogP contribution in [0, 0.1) is 13.8 Å². The Balaban J connectivity index is 2.07. The molecule has 0 saturated heterocycles. The monoisotopic (exact) mass is 428 g/mol. The molecule has 1 atom stereocenters. The molecule has 1 aromatic carbocycles. The number of hydrogen-bond donors (Lipinski definition) is 1. The Labute approximate surface area is 181 Å². The molecule has 2 heterocycles. The molecule has 1 unspecified atom stereocenters. The van der Waals surface area contributed by atoms with Crippen LogP contribution in [-0.4, -0.2) is 39.8 Å². The number of carbonyl (C=O) groups excluding carboxylic acids is 2. The first-order chi connectivity index (χ1) is 14.4. The fourth-order valence-electron chi connectivity index (χ4n) is 3.65. The first-order valence-electron chi connectivity index (χ1n) is 10.3. The van der Waals surface area contributed by atoms with E-state index in [0.717, 1.165) is 29.8 Å². The van der Waals surface area contributed by atoms with Gasteiger partial charge in [-0.05, 0) is 44.4 Å². The van der Waals surface area contributed by atoms with Gasteiger partial charge in [0.1, 0.15) is 5.75 Å². The molecule has 0 fully saturated rings. The number of ether oxygens (including phenoxy) is 1. The molecule has 30 heavy (non-hydrogen) atoms. The SMILES string of the molecule is CCCCN1C(=O)C(O)=C(C(=O)c2sc(C)nc2C)C1c1cccc(OCCC)c1. The van der Waals surface area contributed by atoms with Crippen LogP contribution in [0.2, 0.25) is 0 Å². The van der Waals surface area contributed by atoms with Crippen molar-refractivity contribution in [3.05, 3.63) is 56.7 Å². The Bertz CT molecular complexity index is 979. The third kappa shape index (κ3) is 4.26. The largest absolute Gasteiger partial charge is 0.503 e. The van der Waals surface area contributed by atoms with E-state index in [-0.39, 0.29) is 11.4 Å². The van der Waals surface area contributed by atoms with Gasteiger partial charge in [0.25, 0.3) is 5.91 Å². The molecule has 1 aromatic heterocycles. The highest BCUT2D eigenvalue weighted by Crippen LogP contribution is 2.41. The van der Waals surface area contributed by atoms with Crippen molar-refractivity contribution < 1.29 is 19.4 Å². The molecule has 0 aliphatic carbocycles. The summed E-state index contributed by atoms with van der Waals surface area (Å²) in [5.74, 6) is -0.630. The fourth-order valence-corrected chi connectivity index (χ4v) is 4.52. The van der Waals surface area contributed by atoms with Crippen LogP contribution in [0.3, 0.4) is 0 Å². The maximum absolute atomic E-state index is 13.4. The summed E-state index contributed by atoms with van der Waals surface area (Å²) in [5.41, 5.74) is 1.48. The Morgan fingerprint density at radius 1 is 1.27 bits per heavy atom. The number of rotatable bonds is 9. The zero-order valence-electron chi connectivity index (χ0n) is 17.9. The molecular formula is C23H28N2O4S.